The minimum atomic E-state index is 0.249. The molecule has 0 radical (unpaired) electrons. The van der Waals surface area contributed by atoms with Gasteiger partial charge in [-0.2, -0.15) is 0 Å². The Kier molecular flexibility index (Phi) is 3.04. The Morgan fingerprint density at radius 3 is 2.89 bits per heavy atom. The van der Waals surface area contributed by atoms with E-state index in [1.165, 1.54) is 12.8 Å². The highest BCUT2D eigenvalue weighted by molar-refractivity contribution is 5.51. The van der Waals surface area contributed by atoms with Gasteiger partial charge in [0.15, 0.2) is 11.5 Å². The van der Waals surface area contributed by atoms with Gasteiger partial charge in [-0.1, -0.05) is 6.92 Å². The molecule has 2 aliphatic heterocycles. The molecule has 0 aliphatic carbocycles. The number of benzene rings is 1. The number of aromatic hydroxyl groups is 1. The van der Waals surface area contributed by atoms with Crippen LogP contribution in [-0.2, 0) is 6.54 Å². The molecular formula is C14H19NO3. The summed E-state index contributed by atoms with van der Waals surface area (Å²) in [4.78, 5) is 2.39. The van der Waals surface area contributed by atoms with E-state index in [-0.39, 0.29) is 6.79 Å². The quantitative estimate of drug-likeness (QED) is 0.873. The summed E-state index contributed by atoms with van der Waals surface area (Å²) in [5.74, 6) is 2.43. The van der Waals surface area contributed by atoms with Crippen LogP contribution in [0.5, 0.6) is 17.2 Å². The minimum absolute atomic E-state index is 0.249. The zero-order chi connectivity index (χ0) is 12.5. The van der Waals surface area contributed by atoms with Crippen molar-refractivity contribution in [1.29, 1.82) is 0 Å². The summed E-state index contributed by atoms with van der Waals surface area (Å²) in [6.07, 6.45) is 2.55. The Bertz CT molecular complexity index is 447. The average molecular weight is 249 g/mol. The molecule has 0 spiro atoms. The maximum Gasteiger partial charge on any atom is 0.231 e. The van der Waals surface area contributed by atoms with Gasteiger partial charge in [0.25, 0.3) is 0 Å². The first kappa shape index (κ1) is 11.7. The molecule has 1 atom stereocenters. The van der Waals surface area contributed by atoms with Crippen LogP contribution >= 0.6 is 0 Å². The van der Waals surface area contributed by atoms with Crippen molar-refractivity contribution in [3.63, 3.8) is 0 Å². The summed E-state index contributed by atoms with van der Waals surface area (Å²) in [5.41, 5.74) is 0.924. The Morgan fingerprint density at radius 1 is 1.33 bits per heavy atom. The zero-order valence-electron chi connectivity index (χ0n) is 10.7. The van der Waals surface area contributed by atoms with Crippen LogP contribution in [0.25, 0.3) is 0 Å². The van der Waals surface area contributed by atoms with E-state index in [1.54, 1.807) is 6.07 Å². The lowest BCUT2D eigenvalue weighted by molar-refractivity contribution is 0.172. The summed E-state index contributed by atoms with van der Waals surface area (Å²) < 4.78 is 10.6. The van der Waals surface area contributed by atoms with E-state index < -0.39 is 0 Å². The molecule has 18 heavy (non-hydrogen) atoms. The van der Waals surface area contributed by atoms with Crippen LogP contribution in [0.1, 0.15) is 25.3 Å². The predicted octanol–water partition coefficient (Wildman–Crippen LogP) is 2.35. The molecule has 0 saturated carbocycles. The lowest BCUT2D eigenvalue weighted by atomic mass is 9.99. The Morgan fingerprint density at radius 2 is 2.11 bits per heavy atom. The number of nitrogens with zero attached hydrogens (tertiary/aromatic N) is 1. The number of rotatable bonds is 2. The van der Waals surface area contributed by atoms with Gasteiger partial charge >= 0.3 is 0 Å². The van der Waals surface area contributed by atoms with E-state index in [4.69, 9.17) is 9.47 Å². The van der Waals surface area contributed by atoms with Gasteiger partial charge in [0.1, 0.15) is 5.75 Å². The summed E-state index contributed by atoms with van der Waals surface area (Å²) in [7, 11) is 0. The van der Waals surface area contributed by atoms with Gasteiger partial charge in [-0.05, 0) is 31.4 Å². The number of piperidine rings is 1. The Labute approximate surface area is 107 Å². The summed E-state index contributed by atoms with van der Waals surface area (Å²) in [6, 6.07) is 3.56. The van der Waals surface area contributed by atoms with Gasteiger partial charge < -0.3 is 14.6 Å². The number of phenols is 1. The number of hydrogen-bond acceptors (Lipinski definition) is 4. The van der Waals surface area contributed by atoms with E-state index in [9.17, 15) is 5.11 Å². The fraction of sp³-hybridized carbons (Fsp3) is 0.571. The first-order valence-electron chi connectivity index (χ1n) is 6.56. The van der Waals surface area contributed by atoms with Crippen LogP contribution in [0.2, 0.25) is 0 Å². The van der Waals surface area contributed by atoms with Crippen molar-refractivity contribution in [3.05, 3.63) is 17.7 Å². The fourth-order valence-corrected chi connectivity index (χ4v) is 2.77. The first-order valence-corrected chi connectivity index (χ1v) is 6.56. The van der Waals surface area contributed by atoms with Gasteiger partial charge in [0.05, 0.1) is 0 Å². The standard InChI is InChI=1S/C14H19NO3/c1-10-3-2-4-15(7-10)8-11-5-13-14(6-12(11)16)18-9-17-13/h5-6,10,16H,2-4,7-9H2,1H3. The van der Waals surface area contributed by atoms with Gasteiger partial charge in [0, 0.05) is 24.7 Å². The topological polar surface area (TPSA) is 41.9 Å². The van der Waals surface area contributed by atoms with Crippen molar-refractivity contribution in [2.75, 3.05) is 19.9 Å². The van der Waals surface area contributed by atoms with Crippen LogP contribution in [0.15, 0.2) is 12.1 Å². The summed E-state index contributed by atoms with van der Waals surface area (Å²) in [6.45, 7) is 5.53. The Hall–Kier alpha value is -1.42. The first-order chi connectivity index (χ1) is 8.72. The van der Waals surface area contributed by atoms with Crippen LogP contribution in [0.4, 0.5) is 0 Å². The summed E-state index contributed by atoms with van der Waals surface area (Å²) >= 11 is 0. The summed E-state index contributed by atoms with van der Waals surface area (Å²) in [5, 5.41) is 10.0. The van der Waals surface area contributed by atoms with Crippen molar-refractivity contribution in [1.82, 2.24) is 4.90 Å². The minimum Gasteiger partial charge on any atom is -0.507 e. The lowest BCUT2D eigenvalue weighted by Crippen LogP contribution is -2.33. The normalized spacial score (nSPS) is 23.3. The predicted molar refractivity (Wildman–Crippen MR) is 67.9 cm³/mol. The van der Waals surface area contributed by atoms with Crippen LogP contribution < -0.4 is 9.47 Å². The largest absolute Gasteiger partial charge is 0.507 e. The van der Waals surface area contributed by atoms with E-state index in [1.807, 2.05) is 6.07 Å². The molecule has 0 aromatic heterocycles. The average Bonchev–Trinajstić information content (AvgIpc) is 2.76. The van der Waals surface area contributed by atoms with Gasteiger partial charge in [-0.15, -0.1) is 0 Å². The van der Waals surface area contributed by atoms with Crippen molar-refractivity contribution in [2.24, 2.45) is 5.92 Å². The molecular weight excluding hydrogens is 230 g/mol. The monoisotopic (exact) mass is 249 g/mol. The zero-order valence-corrected chi connectivity index (χ0v) is 10.7. The van der Waals surface area contributed by atoms with Crippen molar-refractivity contribution in [3.8, 4) is 17.2 Å². The van der Waals surface area contributed by atoms with Crippen LogP contribution in [-0.4, -0.2) is 29.9 Å². The third kappa shape index (κ3) is 2.25. The second-order valence-electron chi connectivity index (χ2n) is 5.32. The SMILES string of the molecule is CC1CCCN(Cc2cc3c(cc2O)OCO3)C1. The third-order valence-corrected chi connectivity index (χ3v) is 3.71. The molecule has 1 aromatic rings. The van der Waals surface area contributed by atoms with E-state index in [0.717, 1.165) is 36.9 Å². The maximum absolute atomic E-state index is 10.0. The number of likely N-dealkylation sites (tertiary alicyclic amines) is 1. The fourth-order valence-electron chi connectivity index (χ4n) is 2.77. The lowest BCUT2D eigenvalue weighted by Gasteiger charge is -2.31. The number of fused-ring (bicyclic) bond motifs is 1. The highest BCUT2D eigenvalue weighted by Gasteiger charge is 2.21. The molecule has 2 heterocycles. The second-order valence-corrected chi connectivity index (χ2v) is 5.32. The number of hydrogen-bond donors (Lipinski definition) is 1. The van der Waals surface area contributed by atoms with E-state index >= 15 is 0 Å². The molecule has 1 saturated heterocycles. The second kappa shape index (κ2) is 4.69. The van der Waals surface area contributed by atoms with Crippen LogP contribution in [0, 0.1) is 5.92 Å². The van der Waals surface area contributed by atoms with Gasteiger partial charge in [-0.3, -0.25) is 4.90 Å². The van der Waals surface area contributed by atoms with Crippen molar-refractivity contribution < 1.29 is 14.6 Å². The highest BCUT2D eigenvalue weighted by Crippen LogP contribution is 2.38. The molecule has 4 nitrogen and oxygen atoms in total. The number of phenolic OH excluding ortho intramolecular Hbond substituents is 1. The van der Waals surface area contributed by atoms with E-state index in [0.29, 0.717) is 11.5 Å². The highest BCUT2D eigenvalue weighted by atomic mass is 16.7. The molecule has 1 fully saturated rings. The smallest absolute Gasteiger partial charge is 0.231 e. The molecule has 1 N–H and O–H groups in total. The van der Waals surface area contributed by atoms with E-state index in [2.05, 4.69) is 11.8 Å². The number of ether oxygens (including phenoxy) is 2. The van der Waals surface area contributed by atoms with Crippen LogP contribution in [0.3, 0.4) is 0 Å². The third-order valence-electron chi connectivity index (χ3n) is 3.71. The molecule has 0 bridgehead atoms. The van der Waals surface area contributed by atoms with Crippen molar-refractivity contribution >= 4 is 0 Å². The van der Waals surface area contributed by atoms with Gasteiger partial charge in [-0.25, -0.2) is 0 Å². The van der Waals surface area contributed by atoms with Gasteiger partial charge in [0.2, 0.25) is 6.79 Å². The molecule has 98 valence electrons. The molecule has 4 heteroatoms. The molecule has 3 rings (SSSR count). The molecule has 1 aromatic carbocycles. The molecule has 2 aliphatic rings. The van der Waals surface area contributed by atoms with Crippen molar-refractivity contribution in [2.45, 2.75) is 26.3 Å². The maximum atomic E-state index is 10.0. The molecule has 0 amide bonds. The Balaban J connectivity index is 1.76. The molecule has 1 unspecified atom stereocenters.